The Kier molecular flexibility index (Phi) is 3.77. The number of rotatable bonds is 2. The van der Waals surface area contributed by atoms with Gasteiger partial charge in [-0.3, -0.25) is 9.69 Å². The maximum atomic E-state index is 13.6. The second kappa shape index (κ2) is 5.82. The van der Waals surface area contributed by atoms with Crippen molar-refractivity contribution in [2.75, 3.05) is 32.4 Å². The maximum Gasteiger partial charge on any atom is 0.265 e. The van der Waals surface area contributed by atoms with Crippen LogP contribution in [0.4, 0.5) is 9.52 Å². The fourth-order valence-corrected chi connectivity index (χ4v) is 4.81. The summed E-state index contributed by atoms with van der Waals surface area (Å²) in [5, 5.41) is 0.412. The molecule has 1 aromatic carbocycles. The summed E-state index contributed by atoms with van der Waals surface area (Å²) in [4.78, 5) is 21.4. The van der Waals surface area contributed by atoms with Gasteiger partial charge in [-0.1, -0.05) is 23.5 Å². The average Bonchev–Trinajstić information content (AvgIpc) is 3.20. The zero-order valence-electron chi connectivity index (χ0n) is 13.4. The van der Waals surface area contributed by atoms with E-state index in [9.17, 15) is 9.18 Å². The van der Waals surface area contributed by atoms with Crippen LogP contribution in [-0.4, -0.2) is 47.4 Å². The SMILES string of the molecule is CN1C[C@H]2CN(C(=O)c3cnc(N)s3)C[C@H]2[C@@H]1c1cccc(F)c1. The molecule has 2 saturated heterocycles. The van der Waals surface area contributed by atoms with E-state index in [-0.39, 0.29) is 17.8 Å². The number of likely N-dealkylation sites (tertiary alicyclic amines) is 2. The fourth-order valence-electron chi connectivity index (χ4n) is 4.16. The number of carbonyl (C=O) groups excluding carboxylic acids is 1. The lowest BCUT2D eigenvalue weighted by Gasteiger charge is -2.26. The number of halogens is 1. The molecule has 5 nitrogen and oxygen atoms in total. The monoisotopic (exact) mass is 346 g/mol. The molecule has 2 aromatic rings. The van der Waals surface area contributed by atoms with Gasteiger partial charge in [0.15, 0.2) is 5.13 Å². The standard InChI is InChI=1S/C17H19FN4OS/c1-21-7-11-8-22(16(23)14-6-20-17(19)24-14)9-13(11)15(21)10-3-2-4-12(18)5-10/h2-6,11,13,15H,7-9H2,1H3,(H2,19,20)/t11-,13+,15-/m0/s1. The summed E-state index contributed by atoms with van der Waals surface area (Å²) < 4.78 is 13.6. The predicted octanol–water partition coefficient (Wildman–Crippen LogP) is 2.24. The quantitative estimate of drug-likeness (QED) is 0.906. The predicted molar refractivity (Wildman–Crippen MR) is 91.2 cm³/mol. The van der Waals surface area contributed by atoms with E-state index in [0.717, 1.165) is 18.7 Å². The molecule has 1 aromatic heterocycles. The first-order chi connectivity index (χ1) is 11.5. The highest BCUT2D eigenvalue weighted by Gasteiger charge is 2.47. The van der Waals surface area contributed by atoms with Crippen LogP contribution in [0.5, 0.6) is 0 Å². The molecule has 2 N–H and O–H groups in total. The lowest BCUT2D eigenvalue weighted by Crippen LogP contribution is -2.33. The number of aromatic nitrogens is 1. The van der Waals surface area contributed by atoms with Crippen molar-refractivity contribution < 1.29 is 9.18 Å². The molecule has 2 fully saturated rings. The molecule has 2 aliphatic heterocycles. The average molecular weight is 346 g/mol. The number of fused-ring (bicyclic) bond motifs is 1. The lowest BCUT2D eigenvalue weighted by molar-refractivity contribution is 0.0772. The van der Waals surface area contributed by atoms with Crippen LogP contribution in [0.25, 0.3) is 0 Å². The van der Waals surface area contributed by atoms with Gasteiger partial charge >= 0.3 is 0 Å². The van der Waals surface area contributed by atoms with E-state index in [0.29, 0.717) is 28.4 Å². The molecule has 7 heteroatoms. The van der Waals surface area contributed by atoms with Crippen LogP contribution in [0.15, 0.2) is 30.5 Å². The van der Waals surface area contributed by atoms with E-state index in [1.807, 2.05) is 11.0 Å². The highest BCUT2D eigenvalue weighted by molar-refractivity contribution is 7.17. The molecule has 3 atom stereocenters. The number of anilines is 1. The first kappa shape index (κ1) is 15.5. The number of nitrogens with two attached hydrogens (primary N) is 1. The van der Waals surface area contributed by atoms with Crippen molar-refractivity contribution in [3.8, 4) is 0 Å². The summed E-state index contributed by atoms with van der Waals surface area (Å²) in [6, 6.07) is 6.95. The highest BCUT2D eigenvalue weighted by Crippen LogP contribution is 2.44. The zero-order valence-corrected chi connectivity index (χ0v) is 14.2. The number of nitrogens with zero attached hydrogens (tertiary/aromatic N) is 3. The molecule has 0 saturated carbocycles. The zero-order chi connectivity index (χ0) is 16.8. The summed E-state index contributed by atoms with van der Waals surface area (Å²) in [6.07, 6.45) is 1.55. The van der Waals surface area contributed by atoms with Crippen molar-refractivity contribution in [1.82, 2.24) is 14.8 Å². The summed E-state index contributed by atoms with van der Waals surface area (Å²) >= 11 is 1.23. The Labute approximate surface area is 143 Å². The minimum atomic E-state index is -0.213. The molecule has 0 spiro atoms. The Hall–Kier alpha value is -1.99. The van der Waals surface area contributed by atoms with Gasteiger partial charge in [0.05, 0.1) is 6.20 Å². The van der Waals surface area contributed by atoms with Gasteiger partial charge in [0.2, 0.25) is 0 Å². The van der Waals surface area contributed by atoms with E-state index < -0.39 is 0 Å². The van der Waals surface area contributed by atoms with Crippen LogP contribution in [0.1, 0.15) is 21.3 Å². The van der Waals surface area contributed by atoms with Gasteiger partial charge in [-0.2, -0.15) is 0 Å². The van der Waals surface area contributed by atoms with Gasteiger partial charge in [0, 0.05) is 31.6 Å². The third-order valence-corrected chi connectivity index (χ3v) is 5.92. The second-order valence-electron chi connectivity index (χ2n) is 6.64. The Morgan fingerprint density at radius 1 is 1.38 bits per heavy atom. The third kappa shape index (κ3) is 2.57. The van der Waals surface area contributed by atoms with Crippen LogP contribution in [0.3, 0.4) is 0 Å². The normalized spacial score (nSPS) is 26.8. The Bertz CT molecular complexity index is 779. The molecule has 0 radical (unpaired) electrons. The Morgan fingerprint density at radius 2 is 2.21 bits per heavy atom. The molecular formula is C17H19FN4OS. The van der Waals surface area contributed by atoms with Crippen molar-refractivity contribution in [1.29, 1.82) is 0 Å². The van der Waals surface area contributed by atoms with Crippen molar-refractivity contribution >= 4 is 22.4 Å². The van der Waals surface area contributed by atoms with Gasteiger partial charge in [-0.25, -0.2) is 9.37 Å². The van der Waals surface area contributed by atoms with Crippen LogP contribution in [0.2, 0.25) is 0 Å². The molecule has 2 aliphatic rings. The number of hydrogen-bond donors (Lipinski definition) is 1. The highest BCUT2D eigenvalue weighted by atomic mass is 32.1. The minimum Gasteiger partial charge on any atom is -0.375 e. The number of hydrogen-bond acceptors (Lipinski definition) is 5. The number of amides is 1. The van der Waals surface area contributed by atoms with Crippen LogP contribution < -0.4 is 5.73 Å². The summed E-state index contributed by atoms with van der Waals surface area (Å²) in [5.41, 5.74) is 6.62. The molecule has 24 heavy (non-hydrogen) atoms. The molecule has 3 heterocycles. The summed E-state index contributed by atoms with van der Waals surface area (Å²) in [7, 11) is 2.07. The minimum absolute atomic E-state index is 0.000699. The van der Waals surface area contributed by atoms with Gasteiger partial charge in [0.1, 0.15) is 10.7 Å². The topological polar surface area (TPSA) is 62.5 Å². The molecule has 0 aliphatic carbocycles. The maximum absolute atomic E-state index is 13.6. The van der Waals surface area contributed by atoms with Crippen molar-refractivity contribution in [2.45, 2.75) is 6.04 Å². The van der Waals surface area contributed by atoms with Crippen LogP contribution in [0, 0.1) is 17.7 Å². The fraction of sp³-hybridized carbons (Fsp3) is 0.412. The van der Waals surface area contributed by atoms with Crippen molar-refractivity contribution in [3.05, 3.63) is 46.7 Å². The third-order valence-electron chi connectivity index (χ3n) is 5.11. The van der Waals surface area contributed by atoms with Gasteiger partial charge in [-0.05, 0) is 30.7 Å². The lowest BCUT2D eigenvalue weighted by atomic mass is 9.89. The number of thiazole rings is 1. The smallest absolute Gasteiger partial charge is 0.265 e. The summed E-state index contributed by atoms with van der Waals surface area (Å²) in [6.45, 7) is 2.34. The van der Waals surface area contributed by atoms with Crippen LogP contribution in [-0.2, 0) is 0 Å². The van der Waals surface area contributed by atoms with Gasteiger partial charge in [0.25, 0.3) is 5.91 Å². The molecule has 126 valence electrons. The molecule has 4 rings (SSSR count). The first-order valence-corrected chi connectivity index (χ1v) is 8.81. The van der Waals surface area contributed by atoms with Crippen molar-refractivity contribution in [2.24, 2.45) is 11.8 Å². The summed E-state index contributed by atoms with van der Waals surface area (Å²) in [5.74, 6) is 0.526. The van der Waals surface area contributed by atoms with Gasteiger partial charge < -0.3 is 10.6 Å². The van der Waals surface area contributed by atoms with E-state index in [2.05, 4.69) is 16.9 Å². The number of carbonyl (C=O) groups is 1. The molecule has 0 bridgehead atoms. The Balaban J connectivity index is 1.56. The molecule has 1 amide bonds. The Morgan fingerprint density at radius 3 is 2.92 bits per heavy atom. The molecule has 0 unspecified atom stereocenters. The first-order valence-electron chi connectivity index (χ1n) is 7.99. The molecular weight excluding hydrogens is 327 g/mol. The number of nitrogen functional groups attached to an aromatic ring is 1. The van der Waals surface area contributed by atoms with E-state index in [4.69, 9.17) is 5.73 Å². The number of benzene rings is 1. The van der Waals surface area contributed by atoms with E-state index in [1.165, 1.54) is 17.4 Å². The van der Waals surface area contributed by atoms with E-state index >= 15 is 0 Å². The van der Waals surface area contributed by atoms with Gasteiger partial charge in [-0.15, -0.1) is 0 Å². The second-order valence-corrected chi connectivity index (χ2v) is 7.70. The van der Waals surface area contributed by atoms with E-state index in [1.54, 1.807) is 18.3 Å². The van der Waals surface area contributed by atoms with Crippen LogP contribution >= 0.6 is 11.3 Å². The van der Waals surface area contributed by atoms with Crippen molar-refractivity contribution in [3.63, 3.8) is 0 Å². The largest absolute Gasteiger partial charge is 0.375 e.